The van der Waals surface area contributed by atoms with E-state index in [-0.39, 0.29) is 5.56 Å². The molecule has 2 heterocycles. The standard InChI is InChI=1S/C15H14N2O2/c1-10-5-6-12(8-11(10)2)17-15(18)9-13(16-17)14-4-3-7-19-14/h3-9,16H,1-2H3. The maximum Gasteiger partial charge on any atom is 0.271 e. The van der Waals surface area contributed by atoms with Crippen LogP contribution >= 0.6 is 0 Å². The van der Waals surface area contributed by atoms with Crippen molar-refractivity contribution in [3.8, 4) is 17.1 Å². The first-order valence-electron chi connectivity index (χ1n) is 6.09. The molecule has 0 aliphatic heterocycles. The molecule has 3 aromatic rings. The number of aryl methyl sites for hydroxylation is 2. The zero-order valence-corrected chi connectivity index (χ0v) is 10.8. The Balaban J connectivity index is 2.11. The number of furan rings is 1. The lowest BCUT2D eigenvalue weighted by molar-refractivity contribution is 0.579. The van der Waals surface area contributed by atoms with Gasteiger partial charge in [0.2, 0.25) is 0 Å². The number of aromatic amines is 1. The summed E-state index contributed by atoms with van der Waals surface area (Å²) in [5, 5.41) is 3.06. The average Bonchev–Trinajstić information content (AvgIpc) is 3.01. The second-order valence-electron chi connectivity index (χ2n) is 4.59. The minimum atomic E-state index is -0.102. The molecule has 0 saturated heterocycles. The van der Waals surface area contributed by atoms with Gasteiger partial charge in [0.05, 0.1) is 12.0 Å². The molecule has 4 heteroatoms. The van der Waals surface area contributed by atoms with E-state index in [1.165, 1.54) is 16.3 Å². The molecule has 3 rings (SSSR count). The molecule has 2 aromatic heterocycles. The fourth-order valence-corrected chi connectivity index (χ4v) is 2.01. The van der Waals surface area contributed by atoms with Crippen LogP contribution in [0.5, 0.6) is 0 Å². The molecule has 1 aromatic carbocycles. The molecule has 0 radical (unpaired) electrons. The van der Waals surface area contributed by atoms with Gasteiger partial charge in [-0.15, -0.1) is 0 Å². The Morgan fingerprint density at radius 2 is 1.95 bits per heavy atom. The molecule has 96 valence electrons. The molecule has 0 amide bonds. The summed E-state index contributed by atoms with van der Waals surface area (Å²) in [5.41, 5.74) is 3.75. The van der Waals surface area contributed by atoms with Crippen molar-refractivity contribution in [1.82, 2.24) is 9.78 Å². The molecule has 0 bridgehead atoms. The summed E-state index contributed by atoms with van der Waals surface area (Å²) in [6.07, 6.45) is 1.58. The second-order valence-corrected chi connectivity index (χ2v) is 4.59. The highest BCUT2D eigenvalue weighted by atomic mass is 16.3. The fraction of sp³-hybridized carbons (Fsp3) is 0.133. The number of benzene rings is 1. The van der Waals surface area contributed by atoms with Gasteiger partial charge in [0.1, 0.15) is 5.69 Å². The van der Waals surface area contributed by atoms with Gasteiger partial charge in [0, 0.05) is 6.07 Å². The SMILES string of the molecule is Cc1ccc(-n2[nH]c(-c3ccco3)cc2=O)cc1C. The number of H-pyrrole nitrogens is 1. The molecule has 0 aliphatic rings. The molecule has 0 atom stereocenters. The maximum atomic E-state index is 12.0. The van der Waals surface area contributed by atoms with Crippen LogP contribution in [0.25, 0.3) is 17.1 Å². The molecular weight excluding hydrogens is 240 g/mol. The van der Waals surface area contributed by atoms with Crippen LogP contribution in [0.15, 0.2) is 51.9 Å². The first-order valence-corrected chi connectivity index (χ1v) is 6.09. The van der Waals surface area contributed by atoms with Crippen LogP contribution in [0.4, 0.5) is 0 Å². The Morgan fingerprint density at radius 3 is 2.63 bits per heavy atom. The molecule has 0 fully saturated rings. The summed E-state index contributed by atoms with van der Waals surface area (Å²) in [6.45, 7) is 4.07. The third-order valence-electron chi connectivity index (χ3n) is 3.26. The summed E-state index contributed by atoms with van der Waals surface area (Å²) in [7, 11) is 0. The summed E-state index contributed by atoms with van der Waals surface area (Å²) in [6, 6.07) is 11.1. The van der Waals surface area contributed by atoms with Crippen molar-refractivity contribution >= 4 is 0 Å². The zero-order chi connectivity index (χ0) is 13.4. The molecule has 4 nitrogen and oxygen atoms in total. The Labute approximate surface area is 110 Å². The lowest BCUT2D eigenvalue weighted by atomic mass is 10.1. The number of hydrogen-bond acceptors (Lipinski definition) is 2. The maximum absolute atomic E-state index is 12.0. The van der Waals surface area contributed by atoms with Gasteiger partial charge in [0.15, 0.2) is 5.76 Å². The zero-order valence-electron chi connectivity index (χ0n) is 10.8. The van der Waals surface area contributed by atoms with E-state index >= 15 is 0 Å². The van der Waals surface area contributed by atoms with Gasteiger partial charge in [-0.1, -0.05) is 6.07 Å². The smallest absolute Gasteiger partial charge is 0.271 e. The van der Waals surface area contributed by atoms with Gasteiger partial charge < -0.3 is 4.42 Å². The van der Waals surface area contributed by atoms with Crippen molar-refractivity contribution in [2.24, 2.45) is 0 Å². The van der Waals surface area contributed by atoms with Crippen molar-refractivity contribution in [3.05, 3.63) is 64.1 Å². The van der Waals surface area contributed by atoms with Crippen LogP contribution in [-0.2, 0) is 0 Å². The first-order chi connectivity index (χ1) is 9.15. The average molecular weight is 254 g/mol. The van der Waals surface area contributed by atoms with Crippen molar-refractivity contribution in [2.75, 3.05) is 0 Å². The van der Waals surface area contributed by atoms with E-state index in [1.54, 1.807) is 12.3 Å². The molecule has 0 unspecified atom stereocenters. The van der Waals surface area contributed by atoms with E-state index in [4.69, 9.17) is 4.42 Å². The number of aromatic nitrogens is 2. The van der Waals surface area contributed by atoms with E-state index in [2.05, 4.69) is 5.10 Å². The Kier molecular flexibility index (Phi) is 2.63. The molecule has 0 aliphatic carbocycles. The van der Waals surface area contributed by atoms with E-state index in [0.717, 1.165) is 11.3 Å². The number of hydrogen-bond donors (Lipinski definition) is 1. The Hall–Kier alpha value is -2.49. The number of rotatable bonds is 2. The van der Waals surface area contributed by atoms with Gasteiger partial charge in [-0.05, 0) is 49.2 Å². The largest absolute Gasteiger partial charge is 0.463 e. The van der Waals surface area contributed by atoms with E-state index in [9.17, 15) is 4.79 Å². The number of nitrogens with one attached hydrogen (secondary N) is 1. The van der Waals surface area contributed by atoms with Crippen LogP contribution < -0.4 is 5.56 Å². The molecule has 19 heavy (non-hydrogen) atoms. The minimum absolute atomic E-state index is 0.102. The van der Waals surface area contributed by atoms with Crippen molar-refractivity contribution in [3.63, 3.8) is 0 Å². The van der Waals surface area contributed by atoms with Crippen LogP contribution in [0, 0.1) is 13.8 Å². The van der Waals surface area contributed by atoms with Crippen molar-refractivity contribution in [1.29, 1.82) is 0 Å². The summed E-state index contributed by atoms with van der Waals surface area (Å²) in [4.78, 5) is 12.0. The molecule has 0 spiro atoms. The third kappa shape index (κ3) is 2.01. The van der Waals surface area contributed by atoms with E-state index in [1.807, 2.05) is 38.1 Å². The van der Waals surface area contributed by atoms with Crippen LogP contribution in [0.1, 0.15) is 11.1 Å². The topological polar surface area (TPSA) is 50.9 Å². The molecular formula is C15H14N2O2. The quantitative estimate of drug-likeness (QED) is 0.764. The molecule has 1 N–H and O–H groups in total. The Bertz CT molecular complexity index is 764. The summed E-state index contributed by atoms with van der Waals surface area (Å²) in [5.74, 6) is 0.652. The molecule has 0 saturated carbocycles. The van der Waals surface area contributed by atoms with Gasteiger partial charge >= 0.3 is 0 Å². The highest BCUT2D eigenvalue weighted by molar-refractivity contribution is 5.52. The van der Waals surface area contributed by atoms with Crippen molar-refractivity contribution in [2.45, 2.75) is 13.8 Å². The second kappa shape index (κ2) is 4.31. The predicted octanol–water partition coefficient (Wildman–Crippen LogP) is 3.04. The predicted molar refractivity (Wildman–Crippen MR) is 73.6 cm³/mol. The van der Waals surface area contributed by atoms with Gasteiger partial charge in [-0.2, -0.15) is 0 Å². The number of nitrogens with zero attached hydrogens (tertiary/aromatic N) is 1. The fourth-order valence-electron chi connectivity index (χ4n) is 2.01. The van der Waals surface area contributed by atoms with Gasteiger partial charge in [-0.25, -0.2) is 4.68 Å². The Morgan fingerprint density at radius 1 is 1.11 bits per heavy atom. The highest BCUT2D eigenvalue weighted by Crippen LogP contribution is 2.17. The van der Waals surface area contributed by atoms with Crippen LogP contribution in [0.2, 0.25) is 0 Å². The lowest BCUT2D eigenvalue weighted by Gasteiger charge is -2.05. The summed E-state index contributed by atoms with van der Waals surface area (Å²) >= 11 is 0. The monoisotopic (exact) mass is 254 g/mol. The van der Waals surface area contributed by atoms with Crippen LogP contribution in [-0.4, -0.2) is 9.78 Å². The van der Waals surface area contributed by atoms with E-state index < -0.39 is 0 Å². The van der Waals surface area contributed by atoms with E-state index in [0.29, 0.717) is 11.5 Å². The highest BCUT2D eigenvalue weighted by Gasteiger charge is 2.09. The van der Waals surface area contributed by atoms with Gasteiger partial charge in [0.25, 0.3) is 5.56 Å². The van der Waals surface area contributed by atoms with Crippen molar-refractivity contribution < 1.29 is 4.42 Å². The summed E-state index contributed by atoms with van der Waals surface area (Å²) < 4.78 is 6.80. The lowest BCUT2D eigenvalue weighted by Crippen LogP contribution is -2.13. The van der Waals surface area contributed by atoms with Gasteiger partial charge in [-0.3, -0.25) is 9.89 Å². The van der Waals surface area contributed by atoms with Crippen LogP contribution in [0.3, 0.4) is 0 Å². The first kappa shape index (κ1) is 11.6. The normalized spacial score (nSPS) is 10.8. The minimum Gasteiger partial charge on any atom is -0.463 e. The third-order valence-corrected chi connectivity index (χ3v) is 3.26.